The molecule has 2 aromatic rings. The van der Waals surface area contributed by atoms with Crippen LogP contribution in [-0.2, 0) is 4.74 Å². The largest absolute Gasteiger partial charge is 0.493 e. The summed E-state index contributed by atoms with van der Waals surface area (Å²) in [6.07, 6.45) is -6.09. The summed E-state index contributed by atoms with van der Waals surface area (Å²) in [4.78, 5) is 15.3. The number of alkyl halides is 3. The molecule has 2 heterocycles. The number of halogens is 5. The summed E-state index contributed by atoms with van der Waals surface area (Å²) in [7, 11) is 2.39. The molecule has 0 unspecified atom stereocenters. The molecule has 3 rings (SSSR count). The Bertz CT molecular complexity index is 1050. The van der Waals surface area contributed by atoms with E-state index in [4.69, 9.17) is 14.2 Å². The van der Waals surface area contributed by atoms with Gasteiger partial charge in [0, 0.05) is 29.2 Å². The molecule has 5 nitrogen and oxygen atoms in total. The number of H-pyrrole nitrogens is 1. The number of aromatic amines is 1. The minimum Gasteiger partial charge on any atom is -0.493 e. The average molecular weight is 447 g/mol. The molecule has 10 heteroatoms. The lowest BCUT2D eigenvalue weighted by Crippen LogP contribution is -2.46. The quantitative estimate of drug-likeness (QED) is 0.685. The minimum absolute atomic E-state index is 0.00111. The van der Waals surface area contributed by atoms with Crippen molar-refractivity contribution in [1.82, 2.24) is 4.98 Å². The van der Waals surface area contributed by atoms with Crippen LogP contribution in [0.1, 0.15) is 42.8 Å². The van der Waals surface area contributed by atoms with E-state index in [0.717, 1.165) is 26.2 Å². The number of ether oxygens (including phenoxy) is 3. The highest BCUT2D eigenvalue weighted by molar-refractivity contribution is 5.42. The first-order valence-corrected chi connectivity index (χ1v) is 9.41. The van der Waals surface area contributed by atoms with E-state index in [1.54, 1.807) is 0 Å². The van der Waals surface area contributed by atoms with Crippen LogP contribution < -0.4 is 14.9 Å². The number of methoxy groups -OCH3 is 2. The van der Waals surface area contributed by atoms with Gasteiger partial charge in [0.15, 0.2) is 22.9 Å². The van der Waals surface area contributed by atoms with Crippen molar-refractivity contribution in [2.24, 2.45) is 5.92 Å². The predicted octanol–water partition coefficient (Wildman–Crippen LogP) is 4.79. The lowest BCUT2D eigenvalue weighted by atomic mass is 9.76. The molecular formula is C21H22F5NO4. The molecule has 1 fully saturated rings. The summed E-state index contributed by atoms with van der Waals surface area (Å²) >= 11 is 0. The Labute approximate surface area is 175 Å². The van der Waals surface area contributed by atoms with Crippen molar-refractivity contribution < 1.29 is 36.2 Å². The minimum atomic E-state index is -4.77. The Kier molecular flexibility index (Phi) is 5.81. The molecule has 1 saturated heterocycles. The molecule has 1 aliphatic rings. The Morgan fingerprint density at radius 3 is 2.26 bits per heavy atom. The molecule has 0 saturated carbocycles. The van der Waals surface area contributed by atoms with Crippen molar-refractivity contribution in [2.45, 2.75) is 44.6 Å². The standard InChI is InChI=1S/C21H22F5NO4/c1-9-15(11-6-7-12(22)16(23)18(11)30-5)19(31-20(9,3)21(24,25)26)13-8-14(28)17(29-4)10(2)27-13/h6-9,15,19H,1-5H3,(H,27,28)/t9-,15-,19-,20+/m0/s1. The second kappa shape index (κ2) is 7.81. The van der Waals surface area contributed by atoms with Gasteiger partial charge in [-0.15, -0.1) is 0 Å². The zero-order valence-electron chi connectivity index (χ0n) is 17.5. The number of hydrogen-bond donors (Lipinski definition) is 1. The van der Waals surface area contributed by atoms with E-state index < -0.39 is 52.5 Å². The number of aromatic nitrogens is 1. The van der Waals surface area contributed by atoms with E-state index in [2.05, 4.69) is 4.98 Å². The fraction of sp³-hybridized carbons (Fsp3) is 0.476. The van der Waals surface area contributed by atoms with Crippen molar-refractivity contribution in [1.29, 1.82) is 0 Å². The van der Waals surface area contributed by atoms with Crippen molar-refractivity contribution in [2.75, 3.05) is 14.2 Å². The summed E-state index contributed by atoms with van der Waals surface area (Å²) in [5.41, 5.74) is -2.83. The van der Waals surface area contributed by atoms with Crippen LogP contribution in [-0.4, -0.2) is 31.0 Å². The van der Waals surface area contributed by atoms with Crippen LogP contribution >= 0.6 is 0 Å². The molecule has 0 radical (unpaired) electrons. The molecule has 4 atom stereocenters. The van der Waals surface area contributed by atoms with Crippen LogP contribution in [0.2, 0.25) is 0 Å². The van der Waals surface area contributed by atoms with E-state index in [1.807, 2.05) is 0 Å². The molecule has 0 bridgehead atoms. The summed E-state index contributed by atoms with van der Waals surface area (Å²) in [6, 6.07) is 3.08. The molecule has 1 aromatic carbocycles. The number of aryl methyl sites for hydroxylation is 1. The van der Waals surface area contributed by atoms with E-state index >= 15 is 0 Å². The first-order valence-electron chi connectivity index (χ1n) is 9.41. The van der Waals surface area contributed by atoms with Gasteiger partial charge in [-0.2, -0.15) is 17.6 Å². The second-order valence-electron chi connectivity index (χ2n) is 7.69. The zero-order valence-corrected chi connectivity index (χ0v) is 17.5. The van der Waals surface area contributed by atoms with Gasteiger partial charge < -0.3 is 19.2 Å². The van der Waals surface area contributed by atoms with E-state index in [0.29, 0.717) is 0 Å². The third kappa shape index (κ3) is 3.56. The first-order chi connectivity index (χ1) is 14.4. The van der Waals surface area contributed by atoms with Gasteiger partial charge in [0.2, 0.25) is 11.2 Å². The Morgan fingerprint density at radius 1 is 1.13 bits per heavy atom. The highest BCUT2D eigenvalue weighted by atomic mass is 19.4. The van der Waals surface area contributed by atoms with Gasteiger partial charge in [-0.3, -0.25) is 4.79 Å². The lowest BCUT2D eigenvalue weighted by molar-refractivity contribution is -0.275. The van der Waals surface area contributed by atoms with Gasteiger partial charge in [-0.25, -0.2) is 4.39 Å². The highest BCUT2D eigenvalue weighted by Crippen LogP contribution is 2.59. The van der Waals surface area contributed by atoms with Gasteiger partial charge in [0.25, 0.3) is 0 Å². The molecule has 170 valence electrons. The fourth-order valence-electron chi connectivity index (χ4n) is 4.19. The summed E-state index contributed by atoms with van der Waals surface area (Å²) in [5.74, 6) is -5.36. The summed E-state index contributed by atoms with van der Waals surface area (Å²) in [6.45, 7) is 3.73. The molecule has 0 aliphatic carbocycles. The monoisotopic (exact) mass is 447 g/mol. The van der Waals surface area contributed by atoms with Crippen LogP contribution in [0.3, 0.4) is 0 Å². The molecule has 1 aliphatic heterocycles. The Balaban J connectivity index is 2.26. The van der Waals surface area contributed by atoms with Crippen molar-refractivity contribution in [3.8, 4) is 11.5 Å². The lowest BCUT2D eigenvalue weighted by Gasteiger charge is -2.32. The van der Waals surface area contributed by atoms with Gasteiger partial charge in [0.1, 0.15) is 6.10 Å². The van der Waals surface area contributed by atoms with E-state index in [1.165, 1.54) is 27.0 Å². The number of hydrogen-bond acceptors (Lipinski definition) is 4. The van der Waals surface area contributed by atoms with Crippen molar-refractivity contribution in [3.05, 3.63) is 57.0 Å². The van der Waals surface area contributed by atoms with Crippen LogP contribution in [0.25, 0.3) is 0 Å². The summed E-state index contributed by atoms with van der Waals surface area (Å²) in [5, 5.41) is 0. The van der Waals surface area contributed by atoms with Crippen LogP contribution in [0.15, 0.2) is 23.0 Å². The molecule has 1 aromatic heterocycles. The van der Waals surface area contributed by atoms with E-state index in [-0.39, 0.29) is 22.7 Å². The molecular weight excluding hydrogens is 425 g/mol. The van der Waals surface area contributed by atoms with Crippen LogP contribution in [0.4, 0.5) is 22.0 Å². The van der Waals surface area contributed by atoms with Gasteiger partial charge in [0.05, 0.1) is 19.9 Å². The van der Waals surface area contributed by atoms with E-state index in [9.17, 15) is 26.7 Å². The molecule has 1 N–H and O–H groups in total. The molecule has 31 heavy (non-hydrogen) atoms. The average Bonchev–Trinajstić information content (AvgIpc) is 2.96. The van der Waals surface area contributed by atoms with Gasteiger partial charge >= 0.3 is 6.18 Å². The van der Waals surface area contributed by atoms with Crippen molar-refractivity contribution in [3.63, 3.8) is 0 Å². The number of rotatable bonds is 4. The maximum atomic E-state index is 14.4. The smallest absolute Gasteiger partial charge is 0.417 e. The Hall–Kier alpha value is -2.62. The third-order valence-corrected chi connectivity index (χ3v) is 6.01. The van der Waals surface area contributed by atoms with Crippen molar-refractivity contribution >= 4 is 0 Å². The number of benzene rings is 1. The first kappa shape index (κ1) is 23.1. The van der Waals surface area contributed by atoms with Gasteiger partial charge in [-0.05, 0) is 19.9 Å². The predicted molar refractivity (Wildman–Crippen MR) is 101 cm³/mol. The maximum absolute atomic E-state index is 14.4. The highest BCUT2D eigenvalue weighted by Gasteiger charge is 2.65. The normalized spacial score (nSPS) is 26.2. The second-order valence-corrected chi connectivity index (χ2v) is 7.69. The maximum Gasteiger partial charge on any atom is 0.417 e. The molecule has 0 amide bonds. The zero-order chi connectivity index (χ0) is 23.3. The Morgan fingerprint density at radius 2 is 1.74 bits per heavy atom. The topological polar surface area (TPSA) is 60.5 Å². The molecule has 0 spiro atoms. The fourth-order valence-corrected chi connectivity index (χ4v) is 4.19. The summed E-state index contributed by atoms with van der Waals surface area (Å²) < 4.78 is 85.7. The van der Waals surface area contributed by atoms with Crippen LogP contribution in [0.5, 0.6) is 11.5 Å². The van der Waals surface area contributed by atoms with Crippen LogP contribution in [0, 0.1) is 24.5 Å². The van der Waals surface area contributed by atoms with Gasteiger partial charge in [-0.1, -0.05) is 13.0 Å². The third-order valence-electron chi connectivity index (χ3n) is 6.01. The SMILES string of the molecule is COc1c([C@H]2[C@H](c3cc(=O)c(OC)c(C)[nH]3)O[C@@](C)(C(F)(F)F)[C@H]2C)ccc(F)c1F. The number of pyridine rings is 1. The number of nitrogens with one attached hydrogen (secondary N) is 1.